The zero-order chi connectivity index (χ0) is 40.4. The second kappa shape index (κ2) is 17.1. The Hall–Kier alpha value is -5.03. The van der Waals surface area contributed by atoms with Gasteiger partial charge in [-0.05, 0) is 74.0 Å². The van der Waals surface area contributed by atoms with Gasteiger partial charge < -0.3 is 30.9 Å². The third-order valence-electron chi connectivity index (χ3n) is 11.3. The number of aromatic nitrogens is 2. The first-order valence-corrected chi connectivity index (χ1v) is 22.0. The molecule has 4 aliphatic rings. The molecule has 2 amide bonds. The van der Waals surface area contributed by atoms with E-state index in [1.165, 1.54) is 28.5 Å². The number of hydrogen-bond donors (Lipinski definition) is 5. The first-order chi connectivity index (χ1) is 28.0. The van der Waals surface area contributed by atoms with Crippen LogP contribution in [0.25, 0.3) is 0 Å². The van der Waals surface area contributed by atoms with Crippen molar-refractivity contribution in [1.82, 2.24) is 25.9 Å². The van der Waals surface area contributed by atoms with Gasteiger partial charge in [0.15, 0.2) is 5.82 Å². The number of nitrogens with one attached hydrogen (secondary N) is 5. The van der Waals surface area contributed by atoms with E-state index in [1.807, 2.05) is 30.3 Å². The molecule has 0 bridgehead atoms. The molecule has 5 N–H and O–H groups in total. The van der Waals surface area contributed by atoms with E-state index in [1.54, 1.807) is 6.07 Å². The molecule has 1 atom stereocenters. The Labute approximate surface area is 342 Å². The lowest BCUT2D eigenvalue weighted by Gasteiger charge is -2.35. The summed E-state index contributed by atoms with van der Waals surface area (Å²) < 4.78 is 47.4. The highest BCUT2D eigenvalue weighted by molar-refractivity contribution is 7.92. The molecule has 5 heterocycles. The molecule has 14 nitrogen and oxygen atoms in total. The molecule has 0 spiro atoms. The Bertz CT molecular complexity index is 2330. The van der Waals surface area contributed by atoms with Crippen LogP contribution in [0, 0.1) is 5.82 Å². The minimum absolute atomic E-state index is 0.221. The Morgan fingerprint density at radius 1 is 0.966 bits per heavy atom. The number of halogens is 2. The zero-order valence-corrected chi connectivity index (χ0v) is 33.8. The third-order valence-corrected chi connectivity index (χ3v) is 12.7. The molecule has 306 valence electrons. The lowest BCUT2D eigenvalue weighted by atomic mass is 9.89. The molecule has 2 saturated heterocycles. The van der Waals surface area contributed by atoms with E-state index in [2.05, 4.69) is 47.5 Å². The summed E-state index contributed by atoms with van der Waals surface area (Å²) in [6.45, 7) is 5.13. The highest BCUT2D eigenvalue weighted by Crippen LogP contribution is 2.43. The van der Waals surface area contributed by atoms with Crippen LogP contribution in [0.15, 0.2) is 54.7 Å². The predicted molar refractivity (Wildman–Crippen MR) is 223 cm³/mol. The molecule has 4 aliphatic heterocycles. The quantitative estimate of drug-likeness (QED) is 0.0861. The number of imide groups is 1. The monoisotopic (exact) mass is 831 g/mol. The zero-order valence-electron chi connectivity index (χ0n) is 32.2. The maximum absolute atomic E-state index is 14.9. The molecule has 1 unspecified atom stereocenters. The SMILES string of the molecule is CS(=O)(=O)N1CCc2cccc(Nc3nc(Nc4ccc(N5CCC(NCCNCCc6ccc(C7CCC(=O)NC7=O)c(F)c6)CC5)c5c4OCC5)ncc3Cl)c21. The van der Waals surface area contributed by atoms with E-state index in [4.69, 9.17) is 16.3 Å². The van der Waals surface area contributed by atoms with Crippen molar-refractivity contribution >= 4 is 68.0 Å². The number of carbonyl (C=O) groups excluding carboxylic acids is 2. The molecule has 58 heavy (non-hydrogen) atoms. The van der Waals surface area contributed by atoms with Crippen molar-refractivity contribution in [3.63, 3.8) is 0 Å². The number of piperidine rings is 2. The second-order valence-electron chi connectivity index (χ2n) is 15.2. The summed E-state index contributed by atoms with van der Waals surface area (Å²) in [6, 6.07) is 15.2. The number of ether oxygens (including phenoxy) is 1. The van der Waals surface area contributed by atoms with Crippen LogP contribution in [0.5, 0.6) is 5.75 Å². The molecule has 0 aliphatic carbocycles. The van der Waals surface area contributed by atoms with E-state index < -0.39 is 27.7 Å². The fourth-order valence-electron chi connectivity index (χ4n) is 8.34. The van der Waals surface area contributed by atoms with Crippen LogP contribution in [0.3, 0.4) is 0 Å². The topological polar surface area (TPSA) is 170 Å². The van der Waals surface area contributed by atoms with Crippen LogP contribution in [0.1, 0.15) is 53.9 Å². The predicted octanol–water partition coefficient (Wildman–Crippen LogP) is 4.92. The van der Waals surface area contributed by atoms with Gasteiger partial charge in [0.1, 0.15) is 16.6 Å². The standard InChI is InChI=1S/C41H47ClFN9O5S/c1-58(55,56)52-21-12-26-3-2-4-33(37(26)52)47-39-31(42)24-46-41(50-39)48-34-8-9-35(30-15-22-57-38(30)34)51-19-13-27(14-20-51)45-18-17-44-16-11-25-5-6-28(32(43)23-25)29-7-10-36(53)49-40(29)54/h2-6,8-9,23-24,27,29,44-45H,7,10-22H2,1H3,(H,49,53,54)(H2,46,47,48,50). The van der Waals surface area contributed by atoms with Gasteiger partial charge in [-0.3, -0.25) is 19.2 Å². The molecule has 4 aromatic rings. The van der Waals surface area contributed by atoms with Gasteiger partial charge in [0.2, 0.25) is 27.8 Å². The van der Waals surface area contributed by atoms with Crippen molar-refractivity contribution in [2.45, 2.75) is 56.9 Å². The molecule has 0 radical (unpaired) electrons. The Morgan fingerprint density at radius 3 is 2.60 bits per heavy atom. The number of benzene rings is 3. The minimum atomic E-state index is -3.46. The Kier molecular flexibility index (Phi) is 11.7. The van der Waals surface area contributed by atoms with Crippen LogP contribution in [-0.2, 0) is 38.9 Å². The molecular weight excluding hydrogens is 785 g/mol. The molecule has 2 fully saturated rings. The lowest BCUT2D eigenvalue weighted by Crippen LogP contribution is -2.44. The number of nitrogens with zero attached hydrogens (tertiary/aromatic N) is 4. The number of sulfonamides is 1. The number of carbonyl (C=O) groups is 2. The first kappa shape index (κ1) is 39.8. The van der Waals surface area contributed by atoms with Crippen LogP contribution in [0.4, 0.5) is 38.9 Å². The number of rotatable bonds is 14. The summed E-state index contributed by atoms with van der Waals surface area (Å²) >= 11 is 6.53. The number of para-hydroxylation sites is 1. The van der Waals surface area contributed by atoms with Gasteiger partial charge in [-0.1, -0.05) is 35.9 Å². The molecule has 0 saturated carbocycles. The molecule has 1 aromatic heterocycles. The number of fused-ring (bicyclic) bond motifs is 2. The van der Waals surface area contributed by atoms with Crippen molar-refractivity contribution in [2.75, 3.05) is 72.0 Å². The maximum atomic E-state index is 14.9. The Morgan fingerprint density at radius 2 is 1.81 bits per heavy atom. The van der Waals surface area contributed by atoms with Gasteiger partial charge in [0, 0.05) is 68.4 Å². The normalized spacial score (nSPS) is 18.2. The van der Waals surface area contributed by atoms with Crippen molar-refractivity contribution in [2.24, 2.45) is 0 Å². The number of hydrogen-bond acceptors (Lipinski definition) is 12. The maximum Gasteiger partial charge on any atom is 0.234 e. The van der Waals surface area contributed by atoms with Crippen LogP contribution in [0.2, 0.25) is 5.02 Å². The van der Waals surface area contributed by atoms with E-state index >= 15 is 0 Å². The van der Waals surface area contributed by atoms with Gasteiger partial charge in [-0.15, -0.1) is 0 Å². The lowest BCUT2D eigenvalue weighted by molar-refractivity contribution is -0.134. The average molecular weight is 832 g/mol. The third kappa shape index (κ3) is 8.70. The van der Waals surface area contributed by atoms with E-state index in [9.17, 15) is 22.4 Å². The fourth-order valence-corrected chi connectivity index (χ4v) is 9.45. The summed E-state index contributed by atoms with van der Waals surface area (Å²) in [4.78, 5) is 35.1. The average Bonchev–Trinajstić information content (AvgIpc) is 3.88. The van der Waals surface area contributed by atoms with Crippen LogP contribution < -0.4 is 40.5 Å². The van der Waals surface area contributed by atoms with E-state index in [-0.39, 0.29) is 12.3 Å². The Balaban J connectivity index is 0.812. The molecular formula is C41H47ClFN9O5S. The van der Waals surface area contributed by atoms with Gasteiger partial charge in [-0.2, -0.15) is 4.98 Å². The summed E-state index contributed by atoms with van der Waals surface area (Å²) in [5, 5.41) is 16.3. The molecule has 17 heteroatoms. The van der Waals surface area contributed by atoms with Crippen LogP contribution in [-0.4, -0.2) is 88.4 Å². The minimum Gasteiger partial charge on any atom is -0.491 e. The summed E-state index contributed by atoms with van der Waals surface area (Å²) in [5.74, 6) is -0.312. The number of anilines is 6. The summed E-state index contributed by atoms with van der Waals surface area (Å²) in [7, 11) is -3.46. The highest BCUT2D eigenvalue weighted by atomic mass is 35.5. The smallest absolute Gasteiger partial charge is 0.234 e. The van der Waals surface area contributed by atoms with E-state index in [0.717, 1.165) is 73.6 Å². The van der Waals surface area contributed by atoms with Crippen molar-refractivity contribution in [3.8, 4) is 5.75 Å². The van der Waals surface area contributed by atoms with Crippen molar-refractivity contribution in [3.05, 3.63) is 87.8 Å². The summed E-state index contributed by atoms with van der Waals surface area (Å²) in [6.07, 6.45) is 7.37. The van der Waals surface area contributed by atoms with Gasteiger partial charge in [0.05, 0.1) is 42.0 Å². The van der Waals surface area contributed by atoms with Crippen molar-refractivity contribution in [1.29, 1.82) is 0 Å². The number of amides is 2. The van der Waals surface area contributed by atoms with Gasteiger partial charge in [-0.25, -0.2) is 17.8 Å². The molecule has 3 aromatic carbocycles. The highest BCUT2D eigenvalue weighted by Gasteiger charge is 2.31. The molecule has 8 rings (SSSR count). The van der Waals surface area contributed by atoms with E-state index in [0.29, 0.717) is 78.7 Å². The summed E-state index contributed by atoms with van der Waals surface area (Å²) in [5.41, 5.74) is 6.42. The van der Waals surface area contributed by atoms with Crippen LogP contribution >= 0.6 is 11.6 Å². The van der Waals surface area contributed by atoms with Gasteiger partial charge >= 0.3 is 0 Å². The second-order valence-corrected chi connectivity index (χ2v) is 17.5. The first-order valence-electron chi connectivity index (χ1n) is 19.8. The van der Waals surface area contributed by atoms with Crippen molar-refractivity contribution < 1.29 is 27.1 Å². The largest absolute Gasteiger partial charge is 0.491 e. The van der Waals surface area contributed by atoms with Gasteiger partial charge in [0.25, 0.3) is 0 Å². The fraction of sp³-hybridized carbons (Fsp3) is 0.415.